The first kappa shape index (κ1) is 22.0. The van der Waals surface area contributed by atoms with E-state index < -0.39 is 0 Å². The van der Waals surface area contributed by atoms with Crippen LogP contribution >= 0.6 is 0 Å². The van der Waals surface area contributed by atoms with Crippen molar-refractivity contribution < 1.29 is 9.53 Å². The summed E-state index contributed by atoms with van der Waals surface area (Å²) in [5.74, 6) is 0.124. The predicted octanol–water partition coefficient (Wildman–Crippen LogP) is 3.47. The van der Waals surface area contributed by atoms with Crippen molar-refractivity contribution in [1.29, 1.82) is 0 Å². The molecule has 9 nitrogen and oxygen atoms in total. The highest BCUT2D eigenvalue weighted by molar-refractivity contribution is 5.99. The number of hydrogen-bond acceptors (Lipinski definition) is 7. The lowest BCUT2D eigenvalue weighted by Crippen LogP contribution is -2.32. The summed E-state index contributed by atoms with van der Waals surface area (Å²) in [6, 6.07) is 7.42. The molecule has 2 aromatic heterocycles. The summed E-state index contributed by atoms with van der Waals surface area (Å²) in [4.78, 5) is 23.2. The molecule has 0 radical (unpaired) electrons. The molecule has 0 atom stereocenters. The van der Waals surface area contributed by atoms with Crippen molar-refractivity contribution in [3.8, 4) is 11.3 Å². The Kier molecular flexibility index (Phi) is 6.91. The molecule has 0 unspecified atom stereocenters. The van der Waals surface area contributed by atoms with Crippen LogP contribution in [0.5, 0.6) is 0 Å². The SMILES string of the molecule is C=C/C=C(\C=C\N1CCOCC1)Nc1nc(-c2cccc(NC(=O)C=C)c2)c2cn[nH]c2n1. The number of hydrogen-bond donors (Lipinski definition) is 3. The fraction of sp³-hybridized carbons (Fsp3) is 0.167. The molecule has 0 spiro atoms. The summed E-state index contributed by atoms with van der Waals surface area (Å²) < 4.78 is 5.39. The van der Waals surface area contributed by atoms with Crippen LogP contribution in [0.2, 0.25) is 0 Å². The van der Waals surface area contributed by atoms with E-state index >= 15 is 0 Å². The van der Waals surface area contributed by atoms with Crippen LogP contribution in [0.1, 0.15) is 0 Å². The quantitative estimate of drug-likeness (QED) is 0.361. The molecule has 0 aliphatic carbocycles. The molecule has 1 fully saturated rings. The molecule has 0 bridgehead atoms. The molecular weight excluding hydrogens is 418 g/mol. The van der Waals surface area contributed by atoms with Crippen LogP contribution in [0.4, 0.5) is 11.6 Å². The monoisotopic (exact) mass is 443 g/mol. The van der Waals surface area contributed by atoms with Crippen molar-refractivity contribution in [3.63, 3.8) is 0 Å². The van der Waals surface area contributed by atoms with Crippen LogP contribution in [0, 0.1) is 0 Å². The average Bonchev–Trinajstić information content (AvgIpc) is 3.31. The highest BCUT2D eigenvalue weighted by Crippen LogP contribution is 2.28. The van der Waals surface area contributed by atoms with Gasteiger partial charge in [0, 0.05) is 36.2 Å². The van der Waals surface area contributed by atoms with Crippen molar-refractivity contribution >= 4 is 28.6 Å². The van der Waals surface area contributed by atoms with Gasteiger partial charge in [-0.1, -0.05) is 31.4 Å². The van der Waals surface area contributed by atoms with Crippen LogP contribution in [-0.2, 0) is 9.53 Å². The molecule has 0 saturated carbocycles. The van der Waals surface area contributed by atoms with Crippen molar-refractivity contribution in [2.24, 2.45) is 0 Å². The zero-order valence-electron chi connectivity index (χ0n) is 18.1. The second kappa shape index (κ2) is 10.4. The number of morpholine rings is 1. The first-order valence-corrected chi connectivity index (χ1v) is 10.5. The molecule has 1 aliphatic heterocycles. The van der Waals surface area contributed by atoms with Gasteiger partial charge in [-0.15, -0.1) is 0 Å². The van der Waals surface area contributed by atoms with Crippen LogP contribution in [0.25, 0.3) is 22.3 Å². The minimum atomic E-state index is -0.281. The number of carbonyl (C=O) groups is 1. The number of carbonyl (C=O) groups excluding carboxylic acids is 1. The molecule has 33 heavy (non-hydrogen) atoms. The summed E-state index contributed by atoms with van der Waals surface area (Å²) in [6.07, 6.45) is 10.4. The number of ether oxygens (including phenoxy) is 1. The Labute approximate surface area is 191 Å². The number of rotatable bonds is 8. The third kappa shape index (κ3) is 5.52. The summed E-state index contributed by atoms with van der Waals surface area (Å²) in [5, 5.41) is 13.8. The standard InChI is InChI=1S/C24H25N7O2/c1-3-6-18(9-10-31-11-13-33-14-12-31)27-24-28-22(20-16-25-30-23(20)29-24)17-7-5-8-19(15-17)26-21(32)4-2/h3-10,15-16H,1-2,11-14H2,(H,26,32)(H2,25,27,28,29,30)/b10-9+,18-6+. The van der Waals surface area contributed by atoms with Crippen LogP contribution in [0.15, 0.2) is 79.8 Å². The second-order valence-corrected chi connectivity index (χ2v) is 7.25. The van der Waals surface area contributed by atoms with Crippen LogP contribution in [-0.4, -0.2) is 57.3 Å². The third-order valence-electron chi connectivity index (χ3n) is 4.96. The molecular formula is C24H25N7O2. The number of amides is 1. The maximum atomic E-state index is 11.7. The fourth-order valence-electron chi connectivity index (χ4n) is 3.36. The number of H-pyrrole nitrogens is 1. The first-order valence-electron chi connectivity index (χ1n) is 10.5. The van der Waals surface area contributed by atoms with Gasteiger partial charge in [0.1, 0.15) is 0 Å². The lowest BCUT2D eigenvalue weighted by atomic mass is 10.1. The van der Waals surface area contributed by atoms with E-state index in [0.717, 1.165) is 29.7 Å². The molecule has 4 rings (SSSR count). The zero-order valence-corrected chi connectivity index (χ0v) is 18.1. The van der Waals surface area contributed by atoms with Crippen molar-refractivity contribution in [2.45, 2.75) is 0 Å². The molecule has 1 amide bonds. The number of benzene rings is 1. The summed E-state index contributed by atoms with van der Waals surface area (Å²) in [5.41, 5.74) is 3.52. The number of anilines is 2. The number of aromatic nitrogens is 4. The Morgan fingerprint density at radius 1 is 1.18 bits per heavy atom. The second-order valence-electron chi connectivity index (χ2n) is 7.25. The Morgan fingerprint density at radius 2 is 2.03 bits per heavy atom. The smallest absolute Gasteiger partial charge is 0.247 e. The molecule has 1 aliphatic rings. The van der Waals surface area contributed by atoms with Gasteiger partial charge in [0.05, 0.1) is 30.5 Å². The summed E-state index contributed by atoms with van der Waals surface area (Å²) in [7, 11) is 0. The van der Waals surface area contributed by atoms with E-state index in [-0.39, 0.29) is 5.91 Å². The average molecular weight is 444 g/mol. The molecule has 1 saturated heterocycles. The highest BCUT2D eigenvalue weighted by atomic mass is 16.5. The molecule has 3 heterocycles. The van der Waals surface area contributed by atoms with E-state index in [9.17, 15) is 4.79 Å². The van der Waals surface area contributed by atoms with Gasteiger partial charge in [0.15, 0.2) is 5.65 Å². The van der Waals surface area contributed by atoms with E-state index in [4.69, 9.17) is 9.72 Å². The molecule has 168 valence electrons. The van der Waals surface area contributed by atoms with Crippen LogP contribution < -0.4 is 10.6 Å². The van der Waals surface area contributed by atoms with E-state index in [1.807, 2.05) is 36.6 Å². The summed E-state index contributed by atoms with van der Waals surface area (Å²) in [6.45, 7) is 10.4. The number of allylic oxidation sites excluding steroid dienone is 3. The minimum Gasteiger partial charge on any atom is -0.378 e. The van der Waals surface area contributed by atoms with Gasteiger partial charge in [0.2, 0.25) is 11.9 Å². The lowest BCUT2D eigenvalue weighted by molar-refractivity contribution is -0.111. The molecule has 9 heteroatoms. The largest absolute Gasteiger partial charge is 0.378 e. The van der Waals surface area contributed by atoms with Crippen molar-refractivity contribution in [1.82, 2.24) is 25.1 Å². The number of nitrogens with zero attached hydrogens (tertiary/aromatic N) is 4. The maximum Gasteiger partial charge on any atom is 0.247 e. The van der Waals surface area contributed by atoms with E-state index in [1.165, 1.54) is 6.08 Å². The maximum absolute atomic E-state index is 11.7. The Morgan fingerprint density at radius 3 is 2.82 bits per heavy atom. The molecule has 3 aromatic rings. The molecule has 1 aromatic carbocycles. The van der Waals surface area contributed by atoms with E-state index in [2.05, 4.69) is 43.9 Å². The van der Waals surface area contributed by atoms with Gasteiger partial charge in [-0.05, 0) is 30.4 Å². The lowest BCUT2D eigenvalue weighted by Gasteiger charge is -2.25. The van der Waals surface area contributed by atoms with Crippen molar-refractivity contribution in [3.05, 3.63) is 79.8 Å². The topological polar surface area (TPSA) is 108 Å². The predicted molar refractivity (Wildman–Crippen MR) is 129 cm³/mol. The Bertz CT molecular complexity index is 1220. The van der Waals surface area contributed by atoms with Crippen LogP contribution in [0.3, 0.4) is 0 Å². The van der Waals surface area contributed by atoms with E-state index in [1.54, 1.807) is 18.3 Å². The molecule has 3 N–H and O–H groups in total. The normalized spacial score (nSPS) is 14.4. The van der Waals surface area contributed by atoms with E-state index in [0.29, 0.717) is 36.2 Å². The number of aromatic amines is 1. The third-order valence-corrected chi connectivity index (χ3v) is 4.96. The number of fused-ring (bicyclic) bond motifs is 1. The highest BCUT2D eigenvalue weighted by Gasteiger charge is 2.13. The minimum absolute atomic E-state index is 0.281. The van der Waals surface area contributed by atoms with Gasteiger partial charge in [-0.3, -0.25) is 9.89 Å². The van der Waals surface area contributed by atoms with Gasteiger partial charge in [-0.25, -0.2) is 4.98 Å². The zero-order chi connectivity index (χ0) is 23.0. The number of nitrogens with one attached hydrogen (secondary N) is 3. The fourth-order valence-corrected chi connectivity index (χ4v) is 3.36. The Hall–Kier alpha value is -4.24. The van der Waals surface area contributed by atoms with Gasteiger partial charge >= 0.3 is 0 Å². The van der Waals surface area contributed by atoms with Gasteiger partial charge in [-0.2, -0.15) is 10.1 Å². The summed E-state index contributed by atoms with van der Waals surface area (Å²) >= 11 is 0. The van der Waals surface area contributed by atoms with Gasteiger partial charge in [0.25, 0.3) is 0 Å². The van der Waals surface area contributed by atoms with Gasteiger partial charge < -0.3 is 20.3 Å². The Balaban J connectivity index is 1.64. The first-order chi connectivity index (χ1) is 16.2. The van der Waals surface area contributed by atoms with Crippen molar-refractivity contribution in [2.75, 3.05) is 36.9 Å².